The van der Waals surface area contributed by atoms with Gasteiger partial charge in [-0.3, -0.25) is 4.99 Å². The van der Waals surface area contributed by atoms with Crippen LogP contribution >= 0.6 is 0 Å². The van der Waals surface area contributed by atoms with Crippen LogP contribution in [0.15, 0.2) is 48.1 Å². The molecule has 0 saturated heterocycles. The predicted octanol–water partition coefficient (Wildman–Crippen LogP) is 2.76. The molecule has 2 nitrogen and oxygen atoms in total. The van der Waals surface area contributed by atoms with Crippen LogP contribution in [0.5, 0.6) is 0 Å². The molecule has 0 heterocycles. The van der Waals surface area contributed by atoms with Gasteiger partial charge in [0.15, 0.2) is 0 Å². The molecule has 0 aromatic heterocycles. The number of allylic oxidation sites excluding steroid dienone is 2. The Morgan fingerprint density at radius 3 is 2.60 bits per heavy atom. The zero-order chi connectivity index (χ0) is 11.1. The Kier molecular flexibility index (Phi) is 4.51. The molecule has 0 bridgehead atoms. The average molecular weight is 200 g/mol. The molecule has 1 aromatic rings. The summed E-state index contributed by atoms with van der Waals surface area (Å²) in [7, 11) is 0. The fourth-order valence-corrected chi connectivity index (χ4v) is 1.19. The van der Waals surface area contributed by atoms with Crippen LogP contribution in [0.3, 0.4) is 0 Å². The minimum Gasteiger partial charge on any atom is -0.326 e. The van der Waals surface area contributed by atoms with Gasteiger partial charge < -0.3 is 5.73 Å². The molecule has 0 aliphatic carbocycles. The Morgan fingerprint density at radius 2 is 2.07 bits per heavy atom. The number of benzene rings is 1. The van der Waals surface area contributed by atoms with E-state index in [4.69, 9.17) is 5.73 Å². The first-order valence-corrected chi connectivity index (χ1v) is 4.88. The van der Waals surface area contributed by atoms with E-state index in [1.807, 2.05) is 25.3 Å². The molecule has 0 aliphatic rings. The normalized spacial score (nSPS) is 12.0. The van der Waals surface area contributed by atoms with E-state index in [1.54, 1.807) is 12.3 Å². The monoisotopic (exact) mass is 200 g/mol. The summed E-state index contributed by atoms with van der Waals surface area (Å²) in [5.74, 6) is 0. The lowest BCUT2D eigenvalue weighted by molar-refractivity contribution is 1.07. The Morgan fingerprint density at radius 1 is 1.40 bits per heavy atom. The van der Waals surface area contributed by atoms with Gasteiger partial charge in [-0.1, -0.05) is 36.9 Å². The molecule has 0 unspecified atom stereocenters. The smallest absolute Gasteiger partial charge is 0.0302 e. The van der Waals surface area contributed by atoms with Crippen LogP contribution in [-0.4, -0.2) is 6.21 Å². The van der Waals surface area contributed by atoms with E-state index < -0.39 is 0 Å². The summed E-state index contributed by atoms with van der Waals surface area (Å²) in [6.45, 7) is 6.17. The van der Waals surface area contributed by atoms with Gasteiger partial charge in [0.25, 0.3) is 0 Å². The minimum atomic E-state index is 0.581. The number of rotatable bonds is 4. The standard InChI is InChI=1S/C13H16N2/c1-3-8-15-10-11(2)13-6-4-12(9-14)5-7-13/h3-8,10H,1,9,14H2,2H3/b11-10+,15-8?. The van der Waals surface area contributed by atoms with Crippen molar-refractivity contribution >= 4 is 11.8 Å². The van der Waals surface area contributed by atoms with Crippen LogP contribution in [0.2, 0.25) is 0 Å². The van der Waals surface area contributed by atoms with E-state index in [0.29, 0.717) is 6.54 Å². The zero-order valence-electron chi connectivity index (χ0n) is 8.98. The first-order valence-electron chi connectivity index (χ1n) is 4.88. The fourth-order valence-electron chi connectivity index (χ4n) is 1.19. The summed E-state index contributed by atoms with van der Waals surface area (Å²) in [5, 5.41) is 0. The fraction of sp³-hybridized carbons (Fsp3) is 0.154. The van der Waals surface area contributed by atoms with Gasteiger partial charge in [0.1, 0.15) is 0 Å². The number of nitrogens with zero attached hydrogens (tertiary/aromatic N) is 1. The molecule has 0 atom stereocenters. The van der Waals surface area contributed by atoms with E-state index in [-0.39, 0.29) is 0 Å². The number of nitrogens with two attached hydrogens (primary N) is 1. The average Bonchev–Trinajstić information content (AvgIpc) is 2.29. The summed E-state index contributed by atoms with van der Waals surface area (Å²) in [6.07, 6.45) is 5.14. The van der Waals surface area contributed by atoms with Crippen LogP contribution in [-0.2, 0) is 6.54 Å². The largest absolute Gasteiger partial charge is 0.326 e. The van der Waals surface area contributed by atoms with Crippen LogP contribution in [0.25, 0.3) is 5.57 Å². The molecule has 1 aromatic carbocycles. The zero-order valence-corrected chi connectivity index (χ0v) is 8.98. The highest BCUT2D eigenvalue weighted by Crippen LogP contribution is 2.14. The molecule has 0 amide bonds. The van der Waals surface area contributed by atoms with Gasteiger partial charge >= 0.3 is 0 Å². The summed E-state index contributed by atoms with van der Waals surface area (Å²) >= 11 is 0. The van der Waals surface area contributed by atoms with E-state index in [2.05, 4.69) is 23.7 Å². The molecular weight excluding hydrogens is 184 g/mol. The predicted molar refractivity (Wildman–Crippen MR) is 66.7 cm³/mol. The number of aliphatic imine (C=N–C) groups is 1. The topological polar surface area (TPSA) is 38.4 Å². The van der Waals surface area contributed by atoms with Crippen LogP contribution < -0.4 is 5.73 Å². The number of hydrogen-bond acceptors (Lipinski definition) is 2. The lowest BCUT2D eigenvalue weighted by Gasteiger charge is -2.01. The highest BCUT2D eigenvalue weighted by atomic mass is 14.7. The molecule has 2 N–H and O–H groups in total. The third-order valence-electron chi connectivity index (χ3n) is 2.10. The molecule has 0 spiro atoms. The van der Waals surface area contributed by atoms with Crippen molar-refractivity contribution in [2.24, 2.45) is 10.7 Å². The van der Waals surface area contributed by atoms with Crippen molar-refractivity contribution in [3.05, 3.63) is 54.2 Å². The van der Waals surface area contributed by atoms with E-state index >= 15 is 0 Å². The van der Waals surface area contributed by atoms with Crippen molar-refractivity contribution in [2.45, 2.75) is 13.5 Å². The van der Waals surface area contributed by atoms with Gasteiger partial charge in [-0.05, 0) is 23.6 Å². The summed E-state index contributed by atoms with van der Waals surface area (Å²) in [5.41, 5.74) is 8.95. The molecule has 2 heteroatoms. The lowest BCUT2D eigenvalue weighted by atomic mass is 10.1. The molecule has 0 radical (unpaired) electrons. The quantitative estimate of drug-likeness (QED) is 0.746. The highest BCUT2D eigenvalue weighted by molar-refractivity contribution is 5.73. The van der Waals surface area contributed by atoms with Gasteiger partial charge in [0, 0.05) is 19.0 Å². The SMILES string of the molecule is C=CC=N/C=C(\C)c1ccc(CN)cc1. The molecule has 78 valence electrons. The van der Waals surface area contributed by atoms with Gasteiger partial charge in [-0.2, -0.15) is 0 Å². The molecular formula is C13H16N2. The second-order valence-electron chi connectivity index (χ2n) is 3.25. The first-order chi connectivity index (χ1) is 7.27. The molecule has 15 heavy (non-hydrogen) atoms. The van der Waals surface area contributed by atoms with Gasteiger partial charge in [0.2, 0.25) is 0 Å². The second kappa shape index (κ2) is 5.94. The van der Waals surface area contributed by atoms with Crippen molar-refractivity contribution in [3.8, 4) is 0 Å². The third kappa shape index (κ3) is 3.52. The van der Waals surface area contributed by atoms with Gasteiger partial charge in [0.05, 0.1) is 0 Å². The molecule has 1 rings (SSSR count). The van der Waals surface area contributed by atoms with E-state index in [9.17, 15) is 0 Å². The molecule has 0 aliphatic heterocycles. The van der Waals surface area contributed by atoms with Crippen molar-refractivity contribution in [1.29, 1.82) is 0 Å². The first kappa shape index (κ1) is 11.4. The number of hydrogen-bond donors (Lipinski definition) is 1. The van der Waals surface area contributed by atoms with E-state index in [1.165, 1.54) is 0 Å². The maximum atomic E-state index is 5.53. The Bertz CT molecular complexity index is 372. The van der Waals surface area contributed by atoms with Crippen molar-refractivity contribution in [3.63, 3.8) is 0 Å². The summed E-state index contributed by atoms with van der Waals surface area (Å²) in [4.78, 5) is 4.08. The summed E-state index contributed by atoms with van der Waals surface area (Å²) < 4.78 is 0. The maximum absolute atomic E-state index is 5.53. The molecule has 0 fully saturated rings. The van der Waals surface area contributed by atoms with Crippen LogP contribution in [0.1, 0.15) is 18.1 Å². The Balaban J connectivity index is 2.82. The Hall–Kier alpha value is -1.67. The second-order valence-corrected chi connectivity index (χ2v) is 3.25. The minimum absolute atomic E-state index is 0.581. The Labute approximate surface area is 90.8 Å². The summed E-state index contributed by atoms with van der Waals surface area (Å²) in [6, 6.07) is 8.17. The van der Waals surface area contributed by atoms with Crippen LogP contribution in [0, 0.1) is 0 Å². The van der Waals surface area contributed by atoms with Crippen molar-refractivity contribution in [2.75, 3.05) is 0 Å². The highest BCUT2D eigenvalue weighted by Gasteiger charge is 1.94. The van der Waals surface area contributed by atoms with Gasteiger partial charge in [-0.15, -0.1) is 0 Å². The van der Waals surface area contributed by atoms with Gasteiger partial charge in [-0.25, -0.2) is 0 Å². The van der Waals surface area contributed by atoms with Crippen molar-refractivity contribution < 1.29 is 0 Å². The lowest BCUT2D eigenvalue weighted by Crippen LogP contribution is -1.95. The molecule has 0 saturated carbocycles. The maximum Gasteiger partial charge on any atom is 0.0302 e. The van der Waals surface area contributed by atoms with E-state index in [0.717, 1.165) is 16.7 Å². The van der Waals surface area contributed by atoms with Crippen molar-refractivity contribution in [1.82, 2.24) is 0 Å². The van der Waals surface area contributed by atoms with Crippen LogP contribution in [0.4, 0.5) is 0 Å². The third-order valence-corrected chi connectivity index (χ3v) is 2.10.